The molecule has 3 N–H and O–H groups in total. The summed E-state index contributed by atoms with van der Waals surface area (Å²) in [6.07, 6.45) is 1.18. The molecule has 2 fully saturated rings. The number of nitrogens with two attached hydrogens (primary N) is 1. The van der Waals surface area contributed by atoms with Crippen molar-refractivity contribution in [2.45, 2.75) is 12.0 Å². The third-order valence-electron chi connectivity index (χ3n) is 4.08. The van der Waals surface area contributed by atoms with Gasteiger partial charge in [-0.15, -0.1) is 0 Å². The molecule has 2 saturated heterocycles. The number of nitrogens with one attached hydrogen (secondary N) is 1. The molecule has 2 aliphatic rings. The van der Waals surface area contributed by atoms with Crippen LogP contribution in [0.2, 0.25) is 5.15 Å². The van der Waals surface area contributed by atoms with Gasteiger partial charge in [0.25, 0.3) is 0 Å². The summed E-state index contributed by atoms with van der Waals surface area (Å²) in [5.41, 5.74) is 5.81. The zero-order valence-electron chi connectivity index (χ0n) is 11.8. The van der Waals surface area contributed by atoms with Crippen molar-refractivity contribution in [1.29, 1.82) is 0 Å². The molecule has 0 saturated carbocycles. The Bertz CT molecular complexity index is 471. The summed E-state index contributed by atoms with van der Waals surface area (Å²) >= 11 is 7.94. The minimum absolute atomic E-state index is 0.167. The van der Waals surface area contributed by atoms with Crippen LogP contribution in [-0.2, 0) is 4.74 Å². The quantitative estimate of drug-likeness (QED) is 0.807. The van der Waals surface area contributed by atoms with Gasteiger partial charge in [0.1, 0.15) is 11.0 Å². The molecule has 3 heterocycles. The second-order valence-corrected chi connectivity index (χ2v) is 6.91. The molecule has 2 aliphatic heterocycles. The van der Waals surface area contributed by atoms with Gasteiger partial charge >= 0.3 is 0 Å². The highest BCUT2D eigenvalue weighted by Crippen LogP contribution is 2.34. The van der Waals surface area contributed by atoms with Gasteiger partial charge in [-0.2, -0.15) is 16.7 Å². The van der Waals surface area contributed by atoms with Crippen LogP contribution in [0.1, 0.15) is 6.42 Å². The monoisotopic (exact) mass is 329 g/mol. The highest BCUT2D eigenvalue weighted by molar-refractivity contribution is 7.99. The molecule has 3 rings (SSSR count). The maximum atomic E-state index is 5.93. The molecule has 0 aromatic carbocycles. The van der Waals surface area contributed by atoms with Crippen molar-refractivity contribution in [3.63, 3.8) is 0 Å². The van der Waals surface area contributed by atoms with E-state index >= 15 is 0 Å². The molecule has 21 heavy (non-hydrogen) atoms. The Morgan fingerprint density at radius 2 is 2.24 bits per heavy atom. The van der Waals surface area contributed by atoms with Gasteiger partial charge in [-0.25, -0.2) is 4.98 Å². The second-order valence-electron chi connectivity index (χ2n) is 5.41. The number of thioether (sulfide) groups is 1. The molecule has 6 nitrogen and oxygen atoms in total. The van der Waals surface area contributed by atoms with E-state index in [1.165, 1.54) is 12.2 Å². The summed E-state index contributed by atoms with van der Waals surface area (Å²) in [7, 11) is 0. The molecule has 1 atom stereocenters. The molecule has 0 unspecified atom stereocenters. The van der Waals surface area contributed by atoms with Crippen molar-refractivity contribution in [2.75, 3.05) is 55.4 Å². The molecule has 0 spiro atoms. The van der Waals surface area contributed by atoms with Crippen molar-refractivity contribution < 1.29 is 4.74 Å². The maximum Gasteiger partial charge on any atom is 0.223 e. The first-order valence-corrected chi connectivity index (χ1v) is 8.66. The van der Waals surface area contributed by atoms with E-state index in [0.717, 1.165) is 38.6 Å². The predicted molar refractivity (Wildman–Crippen MR) is 87.0 cm³/mol. The first-order chi connectivity index (χ1) is 10.2. The highest BCUT2D eigenvalue weighted by atomic mass is 35.5. The molecule has 1 aromatic rings. The number of nitrogen functional groups attached to an aromatic ring is 1. The van der Waals surface area contributed by atoms with Gasteiger partial charge in [0.05, 0.1) is 13.2 Å². The van der Waals surface area contributed by atoms with E-state index in [2.05, 4.69) is 20.2 Å². The lowest BCUT2D eigenvalue weighted by molar-refractivity contribution is -0.00922. The van der Waals surface area contributed by atoms with Gasteiger partial charge in [0.15, 0.2) is 0 Å². The standard InChI is InChI=1S/C13H20ClN5OS/c14-10-7-11(18-12(15)17-10)16-8-13(1-6-21-9-13)19-2-4-20-5-3-19/h7H,1-6,8-9H2,(H3,15,16,17,18)/t13-/m1/s1. The second kappa shape index (κ2) is 6.56. The zero-order chi connectivity index (χ0) is 14.7. The summed E-state index contributed by atoms with van der Waals surface area (Å²) in [4.78, 5) is 10.6. The Labute approximate surface area is 133 Å². The number of nitrogens with zero attached hydrogens (tertiary/aromatic N) is 3. The van der Waals surface area contributed by atoms with E-state index in [-0.39, 0.29) is 11.5 Å². The maximum absolute atomic E-state index is 5.93. The average molecular weight is 330 g/mol. The number of aromatic nitrogens is 2. The number of hydrogen-bond acceptors (Lipinski definition) is 7. The van der Waals surface area contributed by atoms with Crippen LogP contribution in [0.5, 0.6) is 0 Å². The fourth-order valence-corrected chi connectivity index (χ4v) is 4.58. The Kier molecular flexibility index (Phi) is 4.73. The van der Waals surface area contributed by atoms with Gasteiger partial charge < -0.3 is 15.8 Å². The van der Waals surface area contributed by atoms with Gasteiger partial charge in [0.2, 0.25) is 5.95 Å². The highest BCUT2D eigenvalue weighted by Gasteiger charge is 2.40. The fraction of sp³-hybridized carbons (Fsp3) is 0.692. The van der Waals surface area contributed by atoms with E-state index in [4.69, 9.17) is 22.1 Å². The molecular formula is C13H20ClN5OS. The lowest BCUT2D eigenvalue weighted by Gasteiger charge is -2.43. The largest absolute Gasteiger partial charge is 0.379 e. The smallest absolute Gasteiger partial charge is 0.223 e. The van der Waals surface area contributed by atoms with Crippen molar-refractivity contribution >= 4 is 35.1 Å². The third-order valence-corrected chi connectivity index (χ3v) is 5.50. The molecular weight excluding hydrogens is 310 g/mol. The van der Waals surface area contributed by atoms with Crippen molar-refractivity contribution in [3.05, 3.63) is 11.2 Å². The van der Waals surface area contributed by atoms with Crippen LogP contribution in [0.3, 0.4) is 0 Å². The first kappa shape index (κ1) is 15.1. The van der Waals surface area contributed by atoms with Gasteiger partial charge in [0, 0.05) is 37.0 Å². The Morgan fingerprint density at radius 1 is 1.43 bits per heavy atom. The Balaban J connectivity index is 1.70. The van der Waals surface area contributed by atoms with Crippen molar-refractivity contribution in [2.24, 2.45) is 0 Å². The van der Waals surface area contributed by atoms with Crippen LogP contribution in [0.15, 0.2) is 6.07 Å². The van der Waals surface area contributed by atoms with Crippen LogP contribution in [0.25, 0.3) is 0 Å². The predicted octanol–water partition coefficient (Wildman–Crippen LogP) is 1.33. The first-order valence-electron chi connectivity index (χ1n) is 7.12. The number of anilines is 2. The van der Waals surface area contributed by atoms with E-state index in [1.807, 2.05) is 11.8 Å². The molecule has 0 amide bonds. The van der Waals surface area contributed by atoms with Gasteiger partial charge in [-0.1, -0.05) is 11.6 Å². The Morgan fingerprint density at radius 3 is 2.90 bits per heavy atom. The van der Waals surface area contributed by atoms with E-state index in [0.29, 0.717) is 11.0 Å². The molecule has 0 aliphatic carbocycles. The number of rotatable bonds is 4. The molecule has 0 bridgehead atoms. The molecule has 1 aromatic heterocycles. The van der Waals surface area contributed by atoms with Crippen LogP contribution in [-0.4, -0.2) is 64.8 Å². The summed E-state index contributed by atoms with van der Waals surface area (Å²) in [6, 6.07) is 1.72. The fourth-order valence-electron chi connectivity index (χ4n) is 2.92. The normalized spacial score (nSPS) is 26.9. The van der Waals surface area contributed by atoms with Crippen LogP contribution in [0, 0.1) is 0 Å². The van der Waals surface area contributed by atoms with Crippen LogP contribution >= 0.6 is 23.4 Å². The summed E-state index contributed by atoms with van der Waals surface area (Å²) < 4.78 is 5.48. The molecule has 116 valence electrons. The Hall–Kier alpha value is -0.760. The minimum Gasteiger partial charge on any atom is -0.379 e. The topological polar surface area (TPSA) is 76.3 Å². The van der Waals surface area contributed by atoms with Crippen LogP contribution in [0.4, 0.5) is 11.8 Å². The van der Waals surface area contributed by atoms with Gasteiger partial charge in [-0.05, 0) is 12.2 Å². The number of hydrogen-bond donors (Lipinski definition) is 2. The minimum atomic E-state index is 0.167. The third kappa shape index (κ3) is 3.53. The molecule has 8 heteroatoms. The summed E-state index contributed by atoms with van der Waals surface area (Å²) in [5, 5.41) is 3.76. The SMILES string of the molecule is Nc1nc(Cl)cc(NC[C@]2(N3CCOCC3)CCSC2)n1. The van der Waals surface area contributed by atoms with Crippen LogP contribution < -0.4 is 11.1 Å². The lowest BCUT2D eigenvalue weighted by atomic mass is 9.95. The van der Waals surface area contributed by atoms with Crippen molar-refractivity contribution in [1.82, 2.24) is 14.9 Å². The lowest BCUT2D eigenvalue weighted by Crippen LogP contribution is -2.57. The number of ether oxygens (including phenoxy) is 1. The van der Waals surface area contributed by atoms with Crippen molar-refractivity contribution in [3.8, 4) is 0 Å². The van der Waals surface area contributed by atoms with E-state index < -0.39 is 0 Å². The van der Waals surface area contributed by atoms with E-state index in [9.17, 15) is 0 Å². The summed E-state index contributed by atoms with van der Waals surface area (Å²) in [5.74, 6) is 3.23. The number of morpholine rings is 1. The zero-order valence-corrected chi connectivity index (χ0v) is 13.4. The summed E-state index contributed by atoms with van der Waals surface area (Å²) in [6.45, 7) is 4.47. The average Bonchev–Trinajstić information content (AvgIpc) is 2.95. The van der Waals surface area contributed by atoms with E-state index in [1.54, 1.807) is 6.07 Å². The van der Waals surface area contributed by atoms with Gasteiger partial charge in [-0.3, -0.25) is 4.90 Å². The molecule has 0 radical (unpaired) electrons. The number of halogens is 1.